The van der Waals surface area contributed by atoms with Crippen molar-refractivity contribution in [3.8, 4) is 0 Å². The second-order valence-corrected chi connectivity index (χ2v) is 6.93. The highest BCUT2D eigenvalue weighted by molar-refractivity contribution is 6.05. The Morgan fingerprint density at radius 2 is 1.58 bits per heavy atom. The first-order valence-electron chi connectivity index (χ1n) is 10.1. The smallest absolute Gasteiger partial charge is 0.339 e. The predicted octanol–water partition coefficient (Wildman–Crippen LogP) is 2.74. The van der Waals surface area contributed by atoms with Gasteiger partial charge >= 0.3 is 12.0 Å². The molecular weight excluding hydrogens is 398 g/mol. The maximum absolute atomic E-state index is 12.9. The molecule has 164 valence electrons. The minimum atomic E-state index is -0.821. The van der Waals surface area contributed by atoms with E-state index in [1.165, 1.54) is 17.0 Å². The number of nitrogens with one attached hydrogen (secondary N) is 2. The molecule has 0 fully saturated rings. The van der Waals surface area contributed by atoms with Crippen molar-refractivity contribution in [2.45, 2.75) is 26.3 Å². The van der Waals surface area contributed by atoms with Gasteiger partial charge in [0.1, 0.15) is 0 Å². The fourth-order valence-corrected chi connectivity index (χ4v) is 2.78. The van der Waals surface area contributed by atoms with Crippen LogP contribution in [0.5, 0.6) is 0 Å². The summed E-state index contributed by atoms with van der Waals surface area (Å²) in [6.45, 7) is 2.16. The van der Waals surface area contributed by atoms with Gasteiger partial charge in [-0.15, -0.1) is 0 Å². The van der Waals surface area contributed by atoms with E-state index in [9.17, 15) is 19.2 Å². The summed E-state index contributed by atoms with van der Waals surface area (Å²) in [7, 11) is 1.64. The summed E-state index contributed by atoms with van der Waals surface area (Å²) < 4.78 is 5.00. The summed E-state index contributed by atoms with van der Waals surface area (Å²) in [4.78, 5) is 50.2. The molecule has 8 nitrogen and oxygen atoms in total. The number of amides is 4. The Morgan fingerprint density at radius 1 is 0.935 bits per heavy atom. The SMILES string of the molecule is CCCCNC(=O)NC(=O)COC(=O)c1ccccc1C(=O)N(C)Cc1ccccc1. The minimum absolute atomic E-state index is 0.0487. The average molecular weight is 425 g/mol. The van der Waals surface area contributed by atoms with Gasteiger partial charge in [0, 0.05) is 20.1 Å². The summed E-state index contributed by atoms with van der Waals surface area (Å²) in [5.74, 6) is -1.93. The number of urea groups is 1. The lowest BCUT2D eigenvalue weighted by atomic mass is 10.1. The number of benzene rings is 2. The Labute approximate surface area is 181 Å². The van der Waals surface area contributed by atoms with E-state index in [2.05, 4.69) is 10.6 Å². The molecular formula is C23H27N3O5. The Hall–Kier alpha value is -3.68. The second kappa shape index (κ2) is 12.1. The summed E-state index contributed by atoms with van der Waals surface area (Å²) in [6.07, 6.45) is 1.70. The second-order valence-electron chi connectivity index (χ2n) is 6.93. The van der Waals surface area contributed by atoms with Crippen LogP contribution >= 0.6 is 0 Å². The van der Waals surface area contributed by atoms with Gasteiger partial charge in [0.2, 0.25) is 0 Å². The van der Waals surface area contributed by atoms with Crippen molar-refractivity contribution >= 4 is 23.8 Å². The molecule has 0 unspecified atom stereocenters. The van der Waals surface area contributed by atoms with Crippen molar-refractivity contribution in [1.29, 1.82) is 0 Å². The third-order valence-corrected chi connectivity index (χ3v) is 4.39. The quantitative estimate of drug-likeness (QED) is 0.475. The van der Waals surface area contributed by atoms with Gasteiger partial charge in [0.15, 0.2) is 6.61 Å². The van der Waals surface area contributed by atoms with E-state index in [1.807, 2.05) is 37.3 Å². The number of ether oxygens (including phenoxy) is 1. The normalized spacial score (nSPS) is 10.1. The number of nitrogens with zero attached hydrogens (tertiary/aromatic N) is 1. The first-order valence-corrected chi connectivity index (χ1v) is 10.1. The Balaban J connectivity index is 1.95. The molecule has 2 N–H and O–H groups in total. The van der Waals surface area contributed by atoms with E-state index >= 15 is 0 Å². The number of unbranched alkanes of at least 4 members (excludes halogenated alkanes) is 1. The molecule has 0 aliphatic carbocycles. The molecule has 0 bridgehead atoms. The van der Waals surface area contributed by atoms with Crippen molar-refractivity contribution in [3.63, 3.8) is 0 Å². The molecule has 0 aliphatic heterocycles. The maximum Gasteiger partial charge on any atom is 0.339 e. The summed E-state index contributed by atoms with van der Waals surface area (Å²) in [5, 5.41) is 4.62. The largest absolute Gasteiger partial charge is 0.452 e. The highest BCUT2D eigenvalue weighted by Crippen LogP contribution is 2.14. The van der Waals surface area contributed by atoms with Crippen LogP contribution in [0, 0.1) is 0 Å². The van der Waals surface area contributed by atoms with Crippen molar-refractivity contribution < 1.29 is 23.9 Å². The lowest BCUT2D eigenvalue weighted by Gasteiger charge is -2.19. The van der Waals surface area contributed by atoms with Gasteiger partial charge in [-0.3, -0.25) is 14.9 Å². The van der Waals surface area contributed by atoms with Crippen LogP contribution in [0.1, 0.15) is 46.0 Å². The Kier molecular flexibility index (Phi) is 9.22. The van der Waals surface area contributed by atoms with E-state index in [4.69, 9.17) is 4.74 Å². The van der Waals surface area contributed by atoms with Gasteiger partial charge in [-0.1, -0.05) is 55.8 Å². The number of rotatable bonds is 9. The van der Waals surface area contributed by atoms with Crippen molar-refractivity contribution in [1.82, 2.24) is 15.5 Å². The third kappa shape index (κ3) is 7.58. The van der Waals surface area contributed by atoms with Gasteiger partial charge in [-0.25, -0.2) is 9.59 Å². The highest BCUT2D eigenvalue weighted by atomic mass is 16.5. The van der Waals surface area contributed by atoms with Crippen LogP contribution in [0.25, 0.3) is 0 Å². The zero-order valence-electron chi connectivity index (χ0n) is 17.7. The molecule has 0 aliphatic rings. The van der Waals surface area contributed by atoms with Crippen molar-refractivity contribution in [2.24, 2.45) is 0 Å². The van der Waals surface area contributed by atoms with Gasteiger partial charge < -0.3 is 15.0 Å². The predicted molar refractivity (Wildman–Crippen MR) is 115 cm³/mol. The molecule has 2 aromatic carbocycles. The van der Waals surface area contributed by atoms with Crippen molar-refractivity contribution in [3.05, 3.63) is 71.3 Å². The minimum Gasteiger partial charge on any atom is -0.452 e. The molecule has 31 heavy (non-hydrogen) atoms. The van der Waals surface area contributed by atoms with Gasteiger partial charge in [-0.05, 0) is 24.1 Å². The van der Waals surface area contributed by atoms with E-state index in [0.29, 0.717) is 13.1 Å². The lowest BCUT2D eigenvalue weighted by molar-refractivity contribution is -0.123. The number of hydrogen-bond acceptors (Lipinski definition) is 5. The van der Waals surface area contributed by atoms with Crippen LogP contribution in [0.2, 0.25) is 0 Å². The standard InChI is InChI=1S/C23H27N3O5/c1-3-4-14-24-23(30)25-20(27)16-31-22(29)19-13-9-8-12-18(19)21(28)26(2)15-17-10-6-5-7-11-17/h5-13H,3-4,14-16H2,1-2H3,(H2,24,25,27,30). The van der Waals surface area contributed by atoms with E-state index < -0.39 is 24.5 Å². The monoisotopic (exact) mass is 425 g/mol. The molecule has 0 radical (unpaired) electrons. The summed E-state index contributed by atoms with van der Waals surface area (Å²) in [6, 6.07) is 15.1. The number of carbonyl (C=O) groups is 4. The summed E-state index contributed by atoms with van der Waals surface area (Å²) in [5.41, 5.74) is 1.17. The molecule has 2 rings (SSSR count). The molecule has 0 saturated heterocycles. The first kappa shape index (κ1) is 23.6. The van der Waals surface area contributed by atoms with Crippen LogP contribution in [0.4, 0.5) is 4.79 Å². The zero-order valence-corrected chi connectivity index (χ0v) is 17.7. The maximum atomic E-state index is 12.9. The van der Waals surface area contributed by atoms with Gasteiger partial charge in [0.05, 0.1) is 11.1 Å². The molecule has 0 saturated carbocycles. The number of esters is 1. The molecule has 0 spiro atoms. The Morgan fingerprint density at radius 3 is 2.26 bits per heavy atom. The van der Waals surface area contributed by atoms with Crippen LogP contribution in [-0.2, 0) is 16.1 Å². The molecule has 2 aromatic rings. The van der Waals surface area contributed by atoms with Crippen molar-refractivity contribution in [2.75, 3.05) is 20.2 Å². The molecule has 0 heterocycles. The van der Waals surface area contributed by atoms with Crippen LogP contribution in [0.15, 0.2) is 54.6 Å². The first-order chi connectivity index (χ1) is 14.9. The molecule has 0 atom stereocenters. The molecule has 4 amide bonds. The van der Waals surface area contributed by atoms with Crippen LogP contribution in [0.3, 0.4) is 0 Å². The van der Waals surface area contributed by atoms with Crippen LogP contribution < -0.4 is 10.6 Å². The van der Waals surface area contributed by atoms with E-state index in [0.717, 1.165) is 18.4 Å². The summed E-state index contributed by atoms with van der Waals surface area (Å²) >= 11 is 0. The number of hydrogen-bond donors (Lipinski definition) is 2. The number of imide groups is 1. The zero-order chi connectivity index (χ0) is 22.6. The highest BCUT2D eigenvalue weighted by Gasteiger charge is 2.21. The topological polar surface area (TPSA) is 105 Å². The fraction of sp³-hybridized carbons (Fsp3) is 0.304. The van der Waals surface area contributed by atoms with Gasteiger partial charge in [-0.2, -0.15) is 0 Å². The van der Waals surface area contributed by atoms with E-state index in [1.54, 1.807) is 19.2 Å². The van der Waals surface area contributed by atoms with Crippen LogP contribution in [-0.4, -0.2) is 48.9 Å². The van der Waals surface area contributed by atoms with E-state index in [-0.39, 0.29) is 17.0 Å². The average Bonchev–Trinajstić information content (AvgIpc) is 2.77. The molecule has 0 aromatic heterocycles. The lowest BCUT2D eigenvalue weighted by Crippen LogP contribution is -2.41. The van der Waals surface area contributed by atoms with Gasteiger partial charge in [0.25, 0.3) is 11.8 Å². The third-order valence-electron chi connectivity index (χ3n) is 4.39. The fourth-order valence-electron chi connectivity index (χ4n) is 2.78. The molecule has 8 heteroatoms. The number of carbonyl (C=O) groups excluding carboxylic acids is 4. The Bertz CT molecular complexity index is 914.